The number of aromatic amines is 1. The molecule has 0 aromatic carbocycles. The lowest BCUT2D eigenvalue weighted by atomic mass is 10.6. The van der Waals surface area contributed by atoms with Crippen molar-refractivity contribution < 1.29 is 9.90 Å². The van der Waals surface area contributed by atoms with Gasteiger partial charge in [-0.3, -0.25) is 14.3 Å². The first-order valence-electron chi connectivity index (χ1n) is 3.20. The molecule has 0 saturated heterocycles. The third-order valence-electron chi connectivity index (χ3n) is 1.27. The zero-order valence-electron chi connectivity index (χ0n) is 6.24. The fourth-order valence-electron chi connectivity index (χ4n) is 0.739. The maximum Gasteiger partial charge on any atom is 0.328 e. The van der Waals surface area contributed by atoms with Crippen molar-refractivity contribution in [3.63, 3.8) is 0 Å². The molecule has 0 saturated carbocycles. The number of hydrogen-bond donors (Lipinski definition) is 1. The molecule has 1 aromatic heterocycles. The molecule has 1 rings (SSSR count). The highest BCUT2D eigenvalue weighted by Crippen LogP contribution is 1.91. The fraction of sp³-hybridized carbons (Fsp3) is 0.167. The Morgan fingerprint density at radius 1 is 1.62 bits per heavy atom. The van der Waals surface area contributed by atoms with Gasteiger partial charge < -0.3 is 9.90 Å². The minimum Gasteiger partial charge on any atom is -0.548 e. The number of carboxylic acid groups (broad SMARTS) is 1. The highest BCUT2D eigenvalue weighted by molar-refractivity contribution is 14.1. The van der Waals surface area contributed by atoms with Gasteiger partial charge in [-0.15, -0.1) is 0 Å². The third kappa shape index (κ3) is 2.41. The predicted molar refractivity (Wildman–Crippen MR) is 49.0 cm³/mol. The number of aliphatic carboxylic acids is 1. The van der Waals surface area contributed by atoms with Gasteiger partial charge in [0.15, 0.2) is 0 Å². The molecule has 7 heteroatoms. The van der Waals surface area contributed by atoms with E-state index in [2.05, 4.69) is 0 Å². The van der Waals surface area contributed by atoms with E-state index in [1.165, 1.54) is 0 Å². The summed E-state index contributed by atoms with van der Waals surface area (Å²) >= 11 is 1.70. The van der Waals surface area contributed by atoms with Gasteiger partial charge in [-0.2, -0.15) is 0 Å². The van der Waals surface area contributed by atoms with E-state index in [1.807, 2.05) is 4.98 Å². The molecule has 6 nitrogen and oxygen atoms in total. The van der Waals surface area contributed by atoms with Crippen LogP contribution in [0.2, 0.25) is 0 Å². The van der Waals surface area contributed by atoms with Crippen LogP contribution in [0.1, 0.15) is 0 Å². The Morgan fingerprint density at radius 3 is 2.77 bits per heavy atom. The zero-order chi connectivity index (χ0) is 10.0. The Labute approximate surface area is 85.4 Å². The van der Waals surface area contributed by atoms with Gasteiger partial charge in [0.05, 0.1) is 16.1 Å². The lowest BCUT2D eigenvalue weighted by Crippen LogP contribution is -2.37. The van der Waals surface area contributed by atoms with Crippen LogP contribution in [0.5, 0.6) is 0 Å². The summed E-state index contributed by atoms with van der Waals surface area (Å²) in [5, 5.41) is 10.2. The molecule has 0 amide bonds. The summed E-state index contributed by atoms with van der Waals surface area (Å²) in [6.45, 7) is -0.564. The monoisotopic (exact) mass is 295 g/mol. The minimum absolute atomic E-state index is 0.249. The highest BCUT2D eigenvalue weighted by Gasteiger charge is 2.00. The number of halogens is 1. The summed E-state index contributed by atoms with van der Waals surface area (Å²) in [6, 6.07) is 0. The van der Waals surface area contributed by atoms with Crippen LogP contribution >= 0.6 is 22.6 Å². The number of hydrogen-bond acceptors (Lipinski definition) is 4. The lowest BCUT2D eigenvalue weighted by Gasteiger charge is -2.04. The molecule has 0 bridgehead atoms. The van der Waals surface area contributed by atoms with E-state index >= 15 is 0 Å². The summed E-state index contributed by atoms with van der Waals surface area (Å²) in [6.07, 6.45) is 1.16. The van der Waals surface area contributed by atoms with Crippen molar-refractivity contribution in [2.45, 2.75) is 6.54 Å². The van der Waals surface area contributed by atoms with Crippen LogP contribution < -0.4 is 16.4 Å². The molecule has 1 heterocycles. The largest absolute Gasteiger partial charge is 0.548 e. The third-order valence-corrected chi connectivity index (χ3v) is 2.04. The standard InChI is InChI=1S/C6H5IN2O4/c7-3-1-9(2-4(10)11)6(13)8-5(3)12/h1H,2H2,(H,10,11)(H,8,12,13)/p-1. The number of rotatable bonds is 2. The SMILES string of the molecule is O=C([O-])Cn1cc(I)c(=O)[nH]c1=O. The summed E-state index contributed by atoms with van der Waals surface area (Å²) in [7, 11) is 0. The quantitative estimate of drug-likeness (QED) is 0.632. The molecular formula is C6H4IN2O4-. The van der Waals surface area contributed by atoms with E-state index in [0.29, 0.717) is 0 Å². The second kappa shape index (κ2) is 3.73. The van der Waals surface area contributed by atoms with Crippen LogP contribution in [-0.4, -0.2) is 15.5 Å². The van der Waals surface area contributed by atoms with E-state index in [0.717, 1.165) is 10.8 Å². The van der Waals surface area contributed by atoms with Crippen LogP contribution in [0.25, 0.3) is 0 Å². The molecule has 1 aromatic rings. The zero-order valence-corrected chi connectivity index (χ0v) is 8.40. The molecule has 1 N–H and O–H groups in total. The summed E-state index contributed by atoms with van der Waals surface area (Å²) in [5.41, 5.74) is -1.28. The van der Waals surface area contributed by atoms with Gasteiger partial charge in [0.25, 0.3) is 5.56 Å². The number of carbonyl (C=O) groups excluding carboxylic acids is 1. The number of nitrogens with zero attached hydrogens (tertiary/aromatic N) is 1. The molecular weight excluding hydrogens is 291 g/mol. The van der Waals surface area contributed by atoms with Gasteiger partial charge in [-0.1, -0.05) is 0 Å². The van der Waals surface area contributed by atoms with E-state index in [-0.39, 0.29) is 3.57 Å². The Morgan fingerprint density at radius 2 is 2.23 bits per heavy atom. The Balaban J connectivity index is 3.24. The molecule has 0 atom stereocenters. The molecule has 0 radical (unpaired) electrons. The first-order chi connectivity index (χ1) is 6.00. The van der Waals surface area contributed by atoms with Gasteiger partial charge in [-0.25, -0.2) is 4.79 Å². The molecule has 13 heavy (non-hydrogen) atoms. The number of nitrogens with one attached hydrogen (secondary N) is 1. The maximum atomic E-state index is 10.9. The summed E-state index contributed by atoms with van der Waals surface area (Å²) in [4.78, 5) is 33.9. The van der Waals surface area contributed by atoms with E-state index in [4.69, 9.17) is 0 Å². The van der Waals surface area contributed by atoms with Crippen LogP contribution in [0.3, 0.4) is 0 Å². The normalized spacial score (nSPS) is 9.92. The van der Waals surface area contributed by atoms with Crippen LogP contribution in [0, 0.1) is 3.57 Å². The first-order valence-corrected chi connectivity index (χ1v) is 4.27. The van der Waals surface area contributed by atoms with Crippen molar-refractivity contribution in [2.24, 2.45) is 0 Å². The second-order valence-electron chi connectivity index (χ2n) is 2.24. The first kappa shape index (κ1) is 9.96. The number of carbonyl (C=O) groups is 1. The van der Waals surface area contributed by atoms with Crippen molar-refractivity contribution in [2.75, 3.05) is 0 Å². The average molecular weight is 295 g/mol. The topological polar surface area (TPSA) is 95.0 Å². The van der Waals surface area contributed by atoms with Crippen LogP contribution in [-0.2, 0) is 11.3 Å². The van der Waals surface area contributed by atoms with Crippen molar-refractivity contribution in [1.29, 1.82) is 0 Å². The number of H-pyrrole nitrogens is 1. The Hall–Kier alpha value is -1.12. The van der Waals surface area contributed by atoms with E-state index < -0.39 is 23.8 Å². The maximum absolute atomic E-state index is 10.9. The highest BCUT2D eigenvalue weighted by atomic mass is 127. The molecule has 0 aliphatic heterocycles. The fourth-order valence-corrected chi connectivity index (χ4v) is 1.21. The minimum atomic E-state index is -1.38. The molecule has 0 unspecified atom stereocenters. The molecule has 70 valence electrons. The Kier molecular flexibility index (Phi) is 2.86. The van der Waals surface area contributed by atoms with E-state index in [1.54, 1.807) is 22.6 Å². The molecule has 0 spiro atoms. The molecule has 0 aliphatic rings. The second-order valence-corrected chi connectivity index (χ2v) is 3.40. The van der Waals surface area contributed by atoms with Crippen LogP contribution in [0.4, 0.5) is 0 Å². The van der Waals surface area contributed by atoms with Crippen molar-refractivity contribution in [1.82, 2.24) is 9.55 Å². The smallest absolute Gasteiger partial charge is 0.328 e. The summed E-state index contributed by atoms with van der Waals surface area (Å²) < 4.78 is 1.11. The Bertz CT molecular complexity index is 447. The van der Waals surface area contributed by atoms with Crippen molar-refractivity contribution >= 4 is 28.6 Å². The van der Waals surface area contributed by atoms with E-state index in [9.17, 15) is 19.5 Å². The van der Waals surface area contributed by atoms with Crippen molar-refractivity contribution in [3.8, 4) is 0 Å². The van der Waals surface area contributed by atoms with Gasteiger partial charge in [-0.05, 0) is 22.6 Å². The lowest BCUT2D eigenvalue weighted by molar-refractivity contribution is -0.306. The predicted octanol–water partition coefficient (Wildman–Crippen LogP) is -2.11. The van der Waals surface area contributed by atoms with Gasteiger partial charge in [0.2, 0.25) is 0 Å². The van der Waals surface area contributed by atoms with Crippen LogP contribution in [0.15, 0.2) is 15.8 Å². The van der Waals surface area contributed by atoms with Gasteiger partial charge >= 0.3 is 5.69 Å². The molecule has 0 fully saturated rings. The average Bonchev–Trinajstić information content (AvgIpc) is 1.99. The molecule has 0 aliphatic carbocycles. The summed E-state index contributed by atoms with van der Waals surface area (Å²) in [5.74, 6) is -1.38. The van der Waals surface area contributed by atoms with Gasteiger partial charge in [0, 0.05) is 6.20 Å². The number of carboxylic acids is 1. The van der Waals surface area contributed by atoms with Gasteiger partial charge in [0.1, 0.15) is 0 Å². The van der Waals surface area contributed by atoms with Crippen molar-refractivity contribution in [3.05, 3.63) is 30.6 Å². The number of aromatic nitrogens is 2.